The lowest BCUT2D eigenvalue weighted by Gasteiger charge is -2.14. The fraction of sp³-hybridized carbons (Fsp3) is 0.222. The SMILES string of the molecule is CCC(C(=O)OCc1ccc(C#N)cc1)c1ccccc1. The van der Waals surface area contributed by atoms with Gasteiger partial charge < -0.3 is 4.74 Å². The molecule has 0 N–H and O–H groups in total. The molecule has 0 saturated heterocycles. The lowest BCUT2D eigenvalue weighted by molar-refractivity contribution is -0.146. The van der Waals surface area contributed by atoms with E-state index in [9.17, 15) is 4.79 Å². The van der Waals surface area contributed by atoms with Crippen LogP contribution in [0.5, 0.6) is 0 Å². The van der Waals surface area contributed by atoms with Crippen molar-refractivity contribution in [1.29, 1.82) is 5.26 Å². The van der Waals surface area contributed by atoms with E-state index < -0.39 is 0 Å². The Balaban J connectivity index is 1.98. The summed E-state index contributed by atoms with van der Waals surface area (Å²) < 4.78 is 5.39. The summed E-state index contributed by atoms with van der Waals surface area (Å²) in [5, 5.41) is 8.74. The number of rotatable bonds is 5. The summed E-state index contributed by atoms with van der Waals surface area (Å²) in [6.07, 6.45) is 0.705. The van der Waals surface area contributed by atoms with Gasteiger partial charge in [-0.25, -0.2) is 0 Å². The van der Waals surface area contributed by atoms with Gasteiger partial charge in [0.1, 0.15) is 6.61 Å². The van der Waals surface area contributed by atoms with Crippen molar-refractivity contribution in [3.05, 3.63) is 71.3 Å². The number of benzene rings is 2. The predicted molar refractivity (Wildman–Crippen MR) is 80.4 cm³/mol. The summed E-state index contributed by atoms with van der Waals surface area (Å²) in [5.74, 6) is -0.447. The number of hydrogen-bond acceptors (Lipinski definition) is 3. The van der Waals surface area contributed by atoms with Crippen LogP contribution < -0.4 is 0 Å². The van der Waals surface area contributed by atoms with Crippen LogP contribution in [0.15, 0.2) is 54.6 Å². The maximum Gasteiger partial charge on any atom is 0.313 e. The molecule has 0 aliphatic rings. The Morgan fingerprint density at radius 2 is 1.81 bits per heavy atom. The van der Waals surface area contributed by atoms with Gasteiger partial charge in [0.05, 0.1) is 17.6 Å². The molecular formula is C18H17NO2. The number of ether oxygens (including phenoxy) is 1. The third-order valence-corrected chi connectivity index (χ3v) is 3.36. The highest BCUT2D eigenvalue weighted by Gasteiger charge is 2.19. The zero-order chi connectivity index (χ0) is 15.1. The van der Waals surface area contributed by atoms with Gasteiger partial charge in [-0.05, 0) is 29.7 Å². The lowest BCUT2D eigenvalue weighted by atomic mass is 9.97. The molecule has 3 heteroatoms. The minimum atomic E-state index is -0.232. The van der Waals surface area contributed by atoms with Crippen molar-refractivity contribution < 1.29 is 9.53 Å². The highest BCUT2D eigenvalue weighted by Crippen LogP contribution is 2.21. The highest BCUT2D eigenvalue weighted by molar-refractivity contribution is 5.78. The average Bonchev–Trinajstić information content (AvgIpc) is 2.55. The second-order valence-electron chi connectivity index (χ2n) is 4.79. The van der Waals surface area contributed by atoms with E-state index in [0.717, 1.165) is 11.1 Å². The molecule has 2 aromatic carbocycles. The molecular weight excluding hydrogens is 262 g/mol. The summed E-state index contributed by atoms with van der Waals surface area (Å²) >= 11 is 0. The first-order chi connectivity index (χ1) is 10.2. The van der Waals surface area contributed by atoms with Crippen molar-refractivity contribution in [2.45, 2.75) is 25.9 Å². The van der Waals surface area contributed by atoms with Crippen LogP contribution >= 0.6 is 0 Å². The van der Waals surface area contributed by atoms with Crippen molar-refractivity contribution in [2.24, 2.45) is 0 Å². The van der Waals surface area contributed by atoms with Crippen LogP contribution in [0.25, 0.3) is 0 Å². The molecule has 3 nitrogen and oxygen atoms in total. The molecule has 1 atom stereocenters. The maximum absolute atomic E-state index is 12.2. The predicted octanol–water partition coefficient (Wildman–Crippen LogP) is 3.80. The normalized spacial score (nSPS) is 11.4. The van der Waals surface area contributed by atoms with Gasteiger partial charge in [0.15, 0.2) is 0 Å². The molecule has 0 amide bonds. The fourth-order valence-corrected chi connectivity index (χ4v) is 2.15. The molecule has 0 heterocycles. The van der Waals surface area contributed by atoms with Gasteiger partial charge in [0, 0.05) is 0 Å². The van der Waals surface area contributed by atoms with Crippen LogP contribution in [0.2, 0.25) is 0 Å². The molecule has 0 aliphatic heterocycles. The van der Waals surface area contributed by atoms with Gasteiger partial charge in [0.25, 0.3) is 0 Å². The molecule has 21 heavy (non-hydrogen) atoms. The number of esters is 1. The van der Waals surface area contributed by atoms with Crippen LogP contribution in [-0.2, 0) is 16.1 Å². The Hall–Kier alpha value is -2.60. The van der Waals surface area contributed by atoms with Gasteiger partial charge in [-0.15, -0.1) is 0 Å². The summed E-state index contributed by atoms with van der Waals surface area (Å²) in [6.45, 7) is 2.20. The Kier molecular flexibility index (Phi) is 5.11. The molecule has 1 unspecified atom stereocenters. The second-order valence-corrected chi connectivity index (χ2v) is 4.79. The van der Waals surface area contributed by atoms with E-state index >= 15 is 0 Å². The Morgan fingerprint density at radius 3 is 2.38 bits per heavy atom. The van der Waals surface area contributed by atoms with Crippen molar-refractivity contribution >= 4 is 5.97 Å². The van der Waals surface area contributed by atoms with E-state index in [4.69, 9.17) is 10.00 Å². The van der Waals surface area contributed by atoms with Crippen LogP contribution in [-0.4, -0.2) is 5.97 Å². The van der Waals surface area contributed by atoms with Gasteiger partial charge in [-0.1, -0.05) is 49.4 Å². The molecule has 0 radical (unpaired) electrons. The molecule has 0 aromatic heterocycles. The number of hydrogen-bond donors (Lipinski definition) is 0. The third kappa shape index (κ3) is 3.93. The minimum absolute atomic E-state index is 0.215. The van der Waals surface area contributed by atoms with Crippen LogP contribution in [0.1, 0.15) is 36.0 Å². The van der Waals surface area contributed by atoms with E-state index in [1.165, 1.54) is 0 Å². The molecule has 0 aliphatic carbocycles. The van der Waals surface area contributed by atoms with Crippen molar-refractivity contribution in [1.82, 2.24) is 0 Å². The molecule has 0 bridgehead atoms. The van der Waals surface area contributed by atoms with Gasteiger partial charge in [0.2, 0.25) is 0 Å². The van der Waals surface area contributed by atoms with Gasteiger partial charge >= 0.3 is 5.97 Å². The van der Waals surface area contributed by atoms with E-state index in [1.54, 1.807) is 24.3 Å². The first-order valence-corrected chi connectivity index (χ1v) is 6.95. The van der Waals surface area contributed by atoms with E-state index in [0.29, 0.717) is 12.0 Å². The first kappa shape index (κ1) is 14.8. The van der Waals surface area contributed by atoms with Crippen LogP contribution in [0.4, 0.5) is 0 Å². The zero-order valence-electron chi connectivity index (χ0n) is 12.0. The standard InChI is InChI=1S/C18H17NO2/c1-2-17(16-6-4-3-5-7-16)18(20)21-13-15-10-8-14(12-19)9-11-15/h3-11,17H,2,13H2,1H3. The monoisotopic (exact) mass is 279 g/mol. The number of nitriles is 1. The van der Waals surface area contributed by atoms with Crippen molar-refractivity contribution in [3.63, 3.8) is 0 Å². The molecule has 2 rings (SSSR count). The largest absolute Gasteiger partial charge is 0.460 e. The quantitative estimate of drug-likeness (QED) is 0.782. The molecule has 0 spiro atoms. The van der Waals surface area contributed by atoms with Gasteiger partial charge in [-0.3, -0.25) is 4.79 Å². The highest BCUT2D eigenvalue weighted by atomic mass is 16.5. The minimum Gasteiger partial charge on any atom is -0.460 e. The molecule has 0 saturated carbocycles. The molecule has 2 aromatic rings. The molecule has 0 fully saturated rings. The Morgan fingerprint density at radius 1 is 1.14 bits per heavy atom. The van der Waals surface area contributed by atoms with E-state index in [-0.39, 0.29) is 18.5 Å². The topological polar surface area (TPSA) is 50.1 Å². The lowest BCUT2D eigenvalue weighted by Crippen LogP contribution is -2.15. The number of carbonyl (C=O) groups excluding carboxylic acids is 1. The number of nitrogens with zero attached hydrogens (tertiary/aromatic N) is 1. The zero-order valence-corrected chi connectivity index (χ0v) is 12.0. The van der Waals surface area contributed by atoms with E-state index in [2.05, 4.69) is 6.07 Å². The first-order valence-electron chi connectivity index (χ1n) is 6.95. The van der Waals surface area contributed by atoms with Crippen molar-refractivity contribution in [3.8, 4) is 6.07 Å². The van der Waals surface area contributed by atoms with E-state index in [1.807, 2.05) is 37.3 Å². The Labute approximate surface area is 124 Å². The fourth-order valence-electron chi connectivity index (χ4n) is 2.15. The Bertz CT molecular complexity index is 627. The molecule has 106 valence electrons. The summed E-state index contributed by atoms with van der Waals surface area (Å²) in [5.41, 5.74) is 2.45. The van der Waals surface area contributed by atoms with Crippen molar-refractivity contribution in [2.75, 3.05) is 0 Å². The summed E-state index contributed by atoms with van der Waals surface area (Å²) in [4.78, 5) is 12.2. The number of carbonyl (C=O) groups is 1. The smallest absolute Gasteiger partial charge is 0.313 e. The van der Waals surface area contributed by atoms with Crippen LogP contribution in [0, 0.1) is 11.3 Å². The summed E-state index contributed by atoms with van der Waals surface area (Å²) in [6, 6.07) is 18.8. The second kappa shape index (κ2) is 7.25. The van der Waals surface area contributed by atoms with Gasteiger partial charge in [-0.2, -0.15) is 5.26 Å². The summed E-state index contributed by atoms with van der Waals surface area (Å²) in [7, 11) is 0. The third-order valence-electron chi connectivity index (χ3n) is 3.36. The van der Waals surface area contributed by atoms with Crippen LogP contribution in [0.3, 0.4) is 0 Å². The average molecular weight is 279 g/mol. The maximum atomic E-state index is 12.2.